The van der Waals surface area contributed by atoms with Crippen LogP contribution in [0.15, 0.2) is 30.3 Å². The van der Waals surface area contributed by atoms with Gasteiger partial charge in [0.15, 0.2) is 0 Å². The van der Waals surface area contributed by atoms with Crippen molar-refractivity contribution in [1.82, 2.24) is 10.2 Å². The molecule has 1 aromatic carbocycles. The lowest BCUT2D eigenvalue weighted by molar-refractivity contribution is 0.135. The maximum atomic E-state index is 5.33. The Morgan fingerprint density at radius 3 is 2.90 bits per heavy atom. The summed E-state index contributed by atoms with van der Waals surface area (Å²) in [4.78, 5) is 2.63. The van der Waals surface area contributed by atoms with Gasteiger partial charge in [-0.25, -0.2) is 0 Å². The van der Waals surface area contributed by atoms with Gasteiger partial charge in [-0.05, 0) is 12.0 Å². The van der Waals surface area contributed by atoms with Crippen molar-refractivity contribution < 1.29 is 0 Å². The van der Waals surface area contributed by atoms with Crippen LogP contribution < -0.4 is 5.32 Å². The molecule has 2 unspecified atom stereocenters. The van der Waals surface area contributed by atoms with Crippen LogP contribution in [0.3, 0.4) is 0 Å². The Morgan fingerprint density at radius 1 is 1.38 bits per heavy atom. The first-order valence-corrected chi connectivity index (χ1v) is 9.04. The standard InChI is InChI=1S/C18H26N2S/c1-3-8-17-15-20(11-13-21-12-4-2)18(14-19-17)16-9-6-5-7-10-16/h2,5-7,9-10,17-19H,3,8,11-15H2,1H3. The molecule has 0 aromatic heterocycles. The smallest absolute Gasteiger partial charge is 0.0545 e. The van der Waals surface area contributed by atoms with Gasteiger partial charge in [-0.3, -0.25) is 4.90 Å². The lowest BCUT2D eigenvalue weighted by Gasteiger charge is -2.40. The van der Waals surface area contributed by atoms with Gasteiger partial charge in [-0.1, -0.05) is 49.6 Å². The largest absolute Gasteiger partial charge is 0.311 e. The summed E-state index contributed by atoms with van der Waals surface area (Å²) in [6.07, 6.45) is 7.84. The van der Waals surface area contributed by atoms with Crippen LogP contribution in [-0.2, 0) is 0 Å². The first kappa shape index (κ1) is 16.4. The van der Waals surface area contributed by atoms with E-state index in [1.54, 1.807) is 0 Å². The second-order valence-electron chi connectivity index (χ2n) is 5.57. The molecular weight excluding hydrogens is 276 g/mol. The van der Waals surface area contributed by atoms with Crippen LogP contribution in [-0.4, -0.2) is 42.1 Å². The average Bonchev–Trinajstić information content (AvgIpc) is 2.53. The molecule has 1 aromatic rings. The third kappa shape index (κ3) is 5.07. The van der Waals surface area contributed by atoms with Crippen molar-refractivity contribution in [3.05, 3.63) is 35.9 Å². The van der Waals surface area contributed by atoms with Gasteiger partial charge in [-0.15, -0.1) is 18.2 Å². The molecule has 2 nitrogen and oxygen atoms in total. The zero-order chi connectivity index (χ0) is 14.9. The zero-order valence-corrected chi connectivity index (χ0v) is 13.7. The number of nitrogens with zero attached hydrogens (tertiary/aromatic N) is 1. The fraction of sp³-hybridized carbons (Fsp3) is 0.556. The van der Waals surface area contributed by atoms with E-state index >= 15 is 0 Å². The van der Waals surface area contributed by atoms with Crippen LogP contribution in [0.4, 0.5) is 0 Å². The lowest BCUT2D eigenvalue weighted by Crippen LogP contribution is -2.52. The summed E-state index contributed by atoms with van der Waals surface area (Å²) in [5.41, 5.74) is 1.42. The van der Waals surface area contributed by atoms with Gasteiger partial charge in [0, 0.05) is 37.5 Å². The van der Waals surface area contributed by atoms with E-state index in [4.69, 9.17) is 6.42 Å². The van der Waals surface area contributed by atoms with E-state index in [2.05, 4.69) is 53.4 Å². The van der Waals surface area contributed by atoms with Crippen LogP contribution in [0.1, 0.15) is 31.4 Å². The highest BCUT2D eigenvalue weighted by atomic mass is 32.2. The van der Waals surface area contributed by atoms with E-state index in [0.29, 0.717) is 12.1 Å². The molecule has 0 bridgehead atoms. The monoisotopic (exact) mass is 302 g/mol. The molecule has 3 heteroatoms. The van der Waals surface area contributed by atoms with Gasteiger partial charge in [0.1, 0.15) is 0 Å². The number of thioether (sulfide) groups is 1. The first-order chi connectivity index (χ1) is 10.3. The van der Waals surface area contributed by atoms with E-state index in [1.165, 1.54) is 18.4 Å². The number of nitrogens with one attached hydrogen (secondary N) is 1. The Morgan fingerprint density at radius 2 is 2.19 bits per heavy atom. The molecule has 0 saturated carbocycles. The molecule has 2 rings (SSSR count). The minimum absolute atomic E-state index is 0.491. The molecule has 21 heavy (non-hydrogen) atoms. The van der Waals surface area contributed by atoms with Crippen LogP contribution in [0.2, 0.25) is 0 Å². The third-order valence-electron chi connectivity index (χ3n) is 4.03. The molecule has 1 aliphatic heterocycles. The van der Waals surface area contributed by atoms with E-state index in [9.17, 15) is 0 Å². The summed E-state index contributed by atoms with van der Waals surface area (Å²) in [5, 5.41) is 3.72. The van der Waals surface area contributed by atoms with E-state index < -0.39 is 0 Å². The van der Waals surface area contributed by atoms with Gasteiger partial charge >= 0.3 is 0 Å². The summed E-state index contributed by atoms with van der Waals surface area (Å²) in [7, 11) is 0. The molecule has 1 aliphatic rings. The predicted molar refractivity (Wildman–Crippen MR) is 93.6 cm³/mol. The van der Waals surface area contributed by atoms with Gasteiger partial charge < -0.3 is 5.32 Å². The van der Waals surface area contributed by atoms with Crippen LogP contribution in [0.25, 0.3) is 0 Å². The number of benzene rings is 1. The Hall–Kier alpha value is -0.950. The fourth-order valence-electron chi connectivity index (χ4n) is 2.99. The second-order valence-corrected chi connectivity index (χ2v) is 6.68. The normalized spacial score (nSPS) is 22.9. The van der Waals surface area contributed by atoms with Crippen LogP contribution >= 0.6 is 11.8 Å². The van der Waals surface area contributed by atoms with Crippen LogP contribution in [0, 0.1) is 12.3 Å². The highest BCUT2D eigenvalue weighted by Crippen LogP contribution is 2.24. The summed E-state index contributed by atoms with van der Waals surface area (Å²) >= 11 is 1.86. The second kappa shape index (κ2) is 9.15. The van der Waals surface area contributed by atoms with Crippen molar-refractivity contribution in [3.63, 3.8) is 0 Å². The highest BCUT2D eigenvalue weighted by molar-refractivity contribution is 7.99. The maximum absolute atomic E-state index is 5.33. The molecule has 0 aliphatic carbocycles. The molecule has 1 fully saturated rings. The zero-order valence-electron chi connectivity index (χ0n) is 12.9. The molecule has 1 heterocycles. The van der Waals surface area contributed by atoms with Crippen molar-refractivity contribution >= 4 is 11.8 Å². The number of piperazine rings is 1. The Balaban J connectivity index is 1.98. The number of terminal acetylenes is 1. The van der Waals surface area contributed by atoms with Crippen molar-refractivity contribution in [2.75, 3.05) is 31.1 Å². The molecular formula is C18H26N2S. The topological polar surface area (TPSA) is 15.3 Å². The van der Waals surface area contributed by atoms with Crippen LogP contribution in [0.5, 0.6) is 0 Å². The Bertz CT molecular complexity index is 440. The average molecular weight is 302 g/mol. The number of hydrogen-bond acceptors (Lipinski definition) is 3. The molecule has 0 amide bonds. The number of hydrogen-bond donors (Lipinski definition) is 1. The summed E-state index contributed by atoms with van der Waals surface area (Å²) in [6.45, 7) is 5.57. The van der Waals surface area contributed by atoms with Crippen molar-refractivity contribution in [2.45, 2.75) is 31.8 Å². The third-order valence-corrected chi connectivity index (χ3v) is 4.87. The van der Waals surface area contributed by atoms with Gasteiger partial charge in [0.25, 0.3) is 0 Å². The highest BCUT2D eigenvalue weighted by Gasteiger charge is 2.27. The van der Waals surface area contributed by atoms with Crippen molar-refractivity contribution in [2.24, 2.45) is 0 Å². The summed E-state index contributed by atoms with van der Waals surface area (Å²) < 4.78 is 0. The summed E-state index contributed by atoms with van der Waals surface area (Å²) in [5.74, 6) is 4.65. The molecule has 0 radical (unpaired) electrons. The van der Waals surface area contributed by atoms with E-state index in [-0.39, 0.29) is 0 Å². The molecule has 1 saturated heterocycles. The SMILES string of the molecule is C#CCSCCN1CC(CCC)NCC1c1ccccc1. The summed E-state index contributed by atoms with van der Waals surface area (Å²) in [6, 6.07) is 12.0. The maximum Gasteiger partial charge on any atom is 0.0545 e. The van der Waals surface area contributed by atoms with Crippen molar-refractivity contribution in [1.29, 1.82) is 0 Å². The quantitative estimate of drug-likeness (QED) is 0.615. The Kier molecular flexibility index (Phi) is 7.15. The molecule has 114 valence electrons. The minimum Gasteiger partial charge on any atom is -0.311 e. The van der Waals surface area contributed by atoms with Crippen molar-refractivity contribution in [3.8, 4) is 12.3 Å². The first-order valence-electron chi connectivity index (χ1n) is 7.88. The van der Waals surface area contributed by atoms with E-state index in [0.717, 1.165) is 31.1 Å². The minimum atomic E-state index is 0.491. The Labute approximate surface area is 133 Å². The van der Waals surface area contributed by atoms with Gasteiger partial charge in [0.2, 0.25) is 0 Å². The molecule has 1 N–H and O–H groups in total. The van der Waals surface area contributed by atoms with E-state index in [1.807, 2.05) is 11.8 Å². The predicted octanol–water partition coefficient (Wildman–Crippen LogP) is 3.17. The fourth-order valence-corrected chi connectivity index (χ4v) is 3.61. The van der Waals surface area contributed by atoms with Gasteiger partial charge in [0.05, 0.1) is 5.75 Å². The lowest BCUT2D eigenvalue weighted by atomic mass is 9.99. The molecule has 2 atom stereocenters. The molecule has 0 spiro atoms. The van der Waals surface area contributed by atoms with Gasteiger partial charge in [-0.2, -0.15) is 0 Å². The number of rotatable bonds is 7.